The summed E-state index contributed by atoms with van der Waals surface area (Å²) in [5.74, 6) is -0.846. The molecule has 1 aliphatic heterocycles. The number of halogens is 6. The molecule has 0 aromatic heterocycles. The molecule has 0 spiro atoms. The average molecular weight is 606 g/mol. The maximum atomic E-state index is 13.5. The average Bonchev–Trinajstić information content (AvgIpc) is 3.12. The lowest BCUT2D eigenvalue weighted by Crippen LogP contribution is -2.31. The van der Waals surface area contributed by atoms with Gasteiger partial charge in [-0.3, -0.25) is 4.79 Å². The molecule has 2 aliphatic rings. The summed E-state index contributed by atoms with van der Waals surface area (Å²) in [6, 6.07) is 6.93. The minimum atomic E-state index is -4.54. The molecule has 0 saturated heterocycles. The van der Waals surface area contributed by atoms with Crippen molar-refractivity contribution in [3.63, 3.8) is 0 Å². The molecule has 1 heterocycles. The van der Waals surface area contributed by atoms with Crippen molar-refractivity contribution in [3.8, 4) is 0 Å². The number of aryl methyl sites for hydroxylation is 1. The Balaban J connectivity index is 1.73. The third-order valence-electron chi connectivity index (χ3n) is 8.38. The quantitative estimate of drug-likeness (QED) is 0.254. The topological polar surface area (TPSA) is 49.8 Å². The van der Waals surface area contributed by atoms with Crippen LogP contribution in [0, 0.1) is 6.92 Å². The predicted octanol–water partition coefficient (Wildman–Crippen LogP) is 8.52. The summed E-state index contributed by atoms with van der Waals surface area (Å²) in [7, 11) is 1.49. The largest absolute Gasteiger partial charge is 0.506 e. The minimum Gasteiger partial charge on any atom is -0.506 e. The number of hydrogen-bond acceptors (Lipinski definition) is 4. The zero-order valence-electron chi connectivity index (χ0n) is 24.7. The number of fused-ring (bicyclic) bond motifs is 1. The molecule has 2 aromatic rings. The van der Waals surface area contributed by atoms with Gasteiger partial charge in [0, 0.05) is 35.9 Å². The Morgan fingerprint density at radius 2 is 1.60 bits per heavy atom. The van der Waals surface area contributed by atoms with Crippen molar-refractivity contribution in [1.82, 2.24) is 0 Å². The fraction of sp³-hybridized carbons (Fsp3) is 0.364. The van der Waals surface area contributed by atoms with Gasteiger partial charge >= 0.3 is 12.4 Å². The van der Waals surface area contributed by atoms with Crippen LogP contribution in [-0.2, 0) is 32.7 Å². The number of Topliss-reactive ketones (excluding diaryl/α,β-unsaturated/α-hetero) is 1. The molecule has 4 rings (SSSR count). The first-order valence-electron chi connectivity index (χ1n) is 13.5. The zero-order valence-corrected chi connectivity index (χ0v) is 24.7. The number of aliphatic hydroxyl groups excluding tert-OH is 1. The van der Waals surface area contributed by atoms with Crippen LogP contribution in [0.2, 0.25) is 0 Å². The molecule has 1 aliphatic carbocycles. The SMILES string of the molecule is C=C(/C=C1\C(=O)C(/C=C2\N(CCOC)c3ccc(C(F)(F)F)cc3C2(C)C)=C1O)C(C)(C)c1cc(C(F)(F)F)ccc1C. The van der Waals surface area contributed by atoms with E-state index in [1.54, 1.807) is 39.5 Å². The number of carbonyl (C=O) groups is 1. The number of alkyl halides is 6. The first-order valence-corrected chi connectivity index (χ1v) is 13.5. The molecule has 0 fully saturated rings. The minimum absolute atomic E-state index is 0.0264. The molecular formula is C33H33F6NO3. The van der Waals surface area contributed by atoms with Crippen molar-refractivity contribution >= 4 is 11.5 Å². The first-order chi connectivity index (χ1) is 19.7. The van der Waals surface area contributed by atoms with Crippen LogP contribution in [0.5, 0.6) is 0 Å². The number of allylic oxidation sites excluding steroid dienone is 6. The number of methoxy groups -OCH3 is 1. The van der Waals surface area contributed by atoms with Gasteiger partial charge in [0.25, 0.3) is 0 Å². The number of nitrogens with zero attached hydrogens (tertiary/aromatic N) is 1. The summed E-state index contributed by atoms with van der Waals surface area (Å²) in [4.78, 5) is 15.1. The van der Waals surface area contributed by atoms with Crippen molar-refractivity contribution < 1.29 is 41.0 Å². The second kappa shape index (κ2) is 10.7. The standard InChI is InChI=1S/C33H33F6NO3/c1-18-8-9-20(32(34,35)36)15-24(18)30(3,4)19(2)14-22-28(41)23(29(22)42)17-27-31(5,6)25-16-21(33(37,38)39)10-11-26(25)40(27)12-13-43-7/h8-11,14-17,41H,2,12-13H2,1,3-7H3/b22-14-,27-17-. The van der Waals surface area contributed by atoms with Crippen molar-refractivity contribution in [2.45, 2.75) is 57.8 Å². The fourth-order valence-electron chi connectivity index (χ4n) is 5.58. The van der Waals surface area contributed by atoms with E-state index >= 15 is 0 Å². The number of aliphatic hydroxyl groups is 1. The second-order valence-corrected chi connectivity index (χ2v) is 11.9. The van der Waals surface area contributed by atoms with E-state index in [4.69, 9.17) is 4.74 Å². The predicted molar refractivity (Wildman–Crippen MR) is 153 cm³/mol. The van der Waals surface area contributed by atoms with E-state index in [-0.39, 0.29) is 30.1 Å². The molecule has 4 nitrogen and oxygen atoms in total. The zero-order chi connectivity index (χ0) is 32.3. The summed E-state index contributed by atoms with van der Waals surface area (Å²) in [6.07, 6.45) is -6.23. The highest BCUT2D eigenvalue weighted by molar-refractivity contribution is 6.21. The highest BCUT2D eigenvalue weighted by Crippen LogP contribution is 2.50. The Morgan fingerprint density at radius 3 is 2.16 bits per heavy atom. The number of rotatable bonds is 7. The monoisotopic (exact) mass is 605 g/mol. The molecule has 10 heteroatoms. The van der Waals surface area contributed by atoms with Crippen LogP contribution >= 0.6 is 0 Å². The summed E-state index contributed by atoms with van der Waals surface area (Å²) in [5.41, 5.74) is -0.899. The van der Waals surface area contributed by atoms with E-state index in [9.17, 15) is 36.2 Å². The van der Waals surface area contributed by atoms with E-state index in [1.165, 1.54) is 31.4 Å². The molecule has 0 bridgehead atoms. The lowest BCUT2D eigenvalue weighted by molar-refractivity contribution is -0.138. The normalized spacial score (nSPS) is 18.9. The van der Waals surface area contributed by atoms with Crippen molar-refractivity contribution in [2.24, 2.45) is 0 Å². The molecule has 0 atom stereocenters. The molecule has 0 radical (unpaired) electrons. The van der Waals surface area contributed by atoms with Crippen molar-refractivity contribution in [3.05, 3.63) is 111 Å². The van der Waals surface area contributed by atoms with Gasteiger partial charge in [0.05, 0.1) is 28.9 Å². The molecular weight excluding hydrogens is 572 g/mol. The Labute approximate surface area is 246 Å². The Hall–Kier alpha value is -3.79. The highest BCUT2D eigenvalue weighted by atomic mass is 19.4. The van der Waals surface area contributed by atoms with Gasteiger partial charge in [-0.05, 0) is 71.7 Å². The number of ether oxygens (including phenoxy) is 1. The number of carbonyl (C=O) groups excluding carboxylic acids is 1. The molecule has 0 unspecified atom stereocenters. The summed E-state index contributed by atoms with van der Waals surface area (Å²) < 4.78 is 86.0. The fourth-order valence-corrected chi connectivity index (χ4v) is 5.58. The lowest BCUT2D eigenvalue weighted by atomic mass is 9.73. The lowest BCUT2D eigenvalue weighted by Gasteiger charge is -2.31. The van der Waals surface area contributed by atoms with Crippen LogP contribution in [0.3, 0.4) is 0 Å². The Bertz CT molecular complexity index is 1590. The van der Waals surface area contributed by atoms with Gasteiger partial charge in [-0.1, -0.05) is 40.3 Å². The van der Waals surface area contributed by atoms with Crippen LogP contribution < -0.4 is 4.90 Å². The van der Waals surface area contributed by atoms with Gasteiger partial charge in [-0.25, -0.2) is 0 Å². The molecule has 1 N–H and O–H groups in total. The van der Waals surface area contributed by atoms with E-state index < -0.39 is 40.1 Å². The molecule has 0 saturated carbocycles. The Kier molecular flexibility index (Phi) is 8.02. The molecule has 2 aromatic carbocycles. The van der Waals surface area contributed by atoms with Crippen molar-refractivity contribution in [1.29, 1.82) is 0 Å². The number of benzene rings is 2. The van der Waals surface area contributed by atoms with Crippen LogP contribution in [0.1, 0.15) is 55.5 Å². The third kappa shape index (κ3) is 5.64. The second-order valence-electron chi connectivity index (χ2n) is 11.9. The van der Waals surface area contributed by atoms with Crippen LogP contribution in [-0.4, -0.2) is 31.2 Å². The molecule has 0 amide bonds. The maximum Gasteiger partial charge on any atom is 0.416 e. The summed E-state index contributed by atoms with van der Waals surface area (Å²) >= 11 is 0. The van der Waals surface area contributed by atoms with Crippen molar-refractivity contribution in [2.75, 3.05) is 25.2 Å². The van der Waals surface area contributed by atoms with Crippen LogP contribution in [0.15, 0.2) is 83.3 Å². The third-order valence-corrected chi connectivity index (χ3v) is 8.38. The molecule has 230 valence electrons. The molecule has 43 heavy (non-hydrogen) atoms. The number of anilines is 1. The van der Waals surface area contributed by atoms with Gasteiger partial charge < -0.3 is 14.7 Å². The van der Waals surface area contributed by atoms with Gasteiger partial charge in [0.1, 0.15) is 5.76 Å². The van der Waals surface area contributed by atoms with E-state index in [0.29, 0.717) is 33.6 Å². The van der Waals surface area contributed by atoms with Gasteiger partial charge in [-0.2, -0.15) is 26.3 Å². The first kappa shape index (κ1) is 32.1. The highest BCUT2D eigenvalue weighted by Gasteiger charge is 2.44. The maximum absolute atomic E-state index is 13.5. The number of hydrogen-bond donors (Lipinski definition) is 1. The van der Waals surface area contributed by atoms with Gasteiger partial charge in [0.2, 0.25) is 5.78 Å². The van der Waals surface area contributed by atoms with Gasteiger partial charge in [-0.15, -0.1) is 0 Å². The summed E-state index contributed by atoms with van der Waals surface area (Å²) in [6.45, 7) is 13.1. The van der Waals surface area contributed by atoms with Crippen LogP contribution in [0.4, 0.5) is 32.0 Å². The van der Waals surface area contributed by atoms with E-state index in [2.05, 4.69) is 6.58 Å². The summed E-state index contributed by atoms with van der Waals surface area (Å²) in [5, 5.41) is 11.0. The van der Waals surface area contributed by atoms with Gasteiger partial charge in [0.15, 0.2) is 0 Å². The van der Waals surface area contributed by atoms with E-state index in [1.807, 2.05) is 0 Å². The Morgan fingerprint density at radius 1 is 1.02 bits per heavy atom. The number of ketones is 1. The van der Waals surface area contributed by atoms with E-state index in [0.717, 1.165) is 24.3 Å². The van der Waals surface area contributed by atoms with Crippen LogP contribution in [0.25, 0.3) is 0 Å². The smallest absolute Gasteiger partial charge is 0.416 e.